The fourth-order valence-electron chi connectivity index (χ4n) is 2.16. The first-order chi connectivity index (χ1) is 9.02. The van der Waals surface area contributed by atoms with E-state index in [1.54, 1.807) is 5.19 Å². The quantitative estimate of drug-likeness (QED) is 0.746. The molecule has 0 aliphatic heterocycles. The van der Waals surface area contributed by atoms with Crippen LogP contribution in [0.2, 0.25) is 32.7 Å². The van der Waals surface area contributed by atoms with Crippen LogP contribution in [0, 0.1) is 0 Å². The number of hydrogen-bond donors (Lipinski definition) is 0. The van der Waals surface area contributed by atoms with Gasteiger partial charge in [0.2, 0.25) is 0 Å². The van der Waals surface area contributed by atoms with Gasteiger partial charge in [0.05, 0.1) is 16.9 Å². The topological polar surface area (TPSA) is 3.24 Å². The molecule has 0 saturated heterocycles. The van der Waals surface area contributed by atoms with Crippen LogP contribution in [0.5, 0.6) is 0 Å². The number of para-hydroxylation sites is 1. The molecule has 1 aromatic carbocycles. The van der Waals surface area contributed by atoms with Crippen molar-refractivity contribution in [2.75, 3.05) is 4.90 Å². The van der Waals surface area contributed by atoms with Gasteiger partial charge in [-0.25, -0.2) is 0 Å². The molecule has 0 aromatic heterocycles. The highest BCUT2D eigenvalue weighted by Gasteiger charge is 2.23. The van der Waals surface area contributed by atoms with Crippen LogP contribution in [-0.4, -0.2) is 22.4 Å². The molecule has 0 saturated carbocycles. The third-order valence-electron chi connectivity index (χ3n) is 3.26. The molecule has 0 unspecified atom stereocenters. The highest BCUT2D eigenvalue weighted by atomic mass is 28.3. The van der Waals surface area contributed by atoms with Crippen LogP contribution < -0.4 is 10.1 Å². The molecule has 0 N–H and O–H groups in total. The molecule has 0 aliphatic carbocycles. The highest BCUT2D eigenvalue weighted by Crippen LogP contribution is 2.24. The summed E-state index contributed by atoms with van der Waals surface area (Å²) in [5.74, 6) is 0. The van der Waals surface area contributed by atoms with Crippen LogP contribution in [0.3, 0.4) is 0 Å². The van der Waals surface area contributed by atoms with Gasteiger partial charge in [0.15, 0.2) is 0 Å². The van der Waals surface area contributed by atoms with Gasteiger partial charge >= 0.3 is 0 Å². The Kier molecular flexibility index (Phi) is 5.44. The van der Waals surface area contributed by atoms with Gasteiger partial charge in [-0.1, -0.05) is 56.6 Å². The van der Waals surface area contributed by atoms with E-state index in [-0.39, 0.29) is 5.54 Å². The lowest BCUT2D eigenvalue weighted by atomic mass is 10.1. The summed E-state index contributed by atoms with van der Waals surface area (Å²) >= 11 is 0. The lowest BCUT2D eigenvalue weighted by Crippen LogP contribution is -2.42. The van der Waals surface area contributed by atoms with Gasteiger partial charge in [-0.3, -0.25) is 0 Å². The summed E-state index contributed by atoms with van der Waals surface area (Å²) in [7, 11) is -2.01. The first kappa shape index (κ1) is 17.2. The molecule has 1 nitrogen and oxygen atoms in total. The molecule has 20 heavy (non-hydrogen) atoms. The number of benzene rings is 1. The van der Waals surface area contributed by atoms with E-state index in [1.807, 2.05) is 0 Å². The first-order valence-corrected chi connectivity index (χ1v) is 14.1. The summed E-state index contributed by atoms with van der Waals surface area (Å²) in [6.07, 6.45) is 2.34. The Bertz CT molecular complexity index is 465. The maximum absolute atomic E-state index is 2.47. The maximum Gasteiger partial charge on any atom is 0.0706 e. The second-order valence-corrected chi connectivity index (χ2v) is 15.9. The van der Waals surface area contributed by atoms with E-state index >= 15 is 0 Å². The summed E-state index contributed by atoms with van der Waals surface area (Å²) in [4.78, 5) is 2.47. The van der Waals surface area contributed by atoms with E-state index in [4.69, 9.17) is 0 Å². The third kappa shape index (κ3) is 4.95. The van der Waals surface area contributed by atoms with Gasteiger partial charge in [-0.2, -0.15) is 0 Å². The van der Waals surface area contributed by atoms with E-state index in [1.165, 1.54) is 5.69 Å². The van der Waals surface area contributed by atoms with Crippen molar-refractivity contribution < 1.29 is 0 Å². The number of anilines is 1. The smallest absolute Gasteiger partial charge is 0.0706 e. The van der Waals surface area contributed by atoms with E-state index in [0.29, 0.717) is 0 Å². The van der Waals surface area contributed by atoms with Gasteiger partial charge in [0, 0.05) is 11.2 Å². The van der Waals surface area contributed by atoms with Gasteiger partial charge < -0.3 is 4.90 Å². The van der Waals surface area contributed by atoms with Crippen molar-refractivity contribution in [3.8, 4) is 0 Å². The van der Waals surface area contributed by atoms with Crippen molar-refractivity contribution in [1.82, 2.24) is 0 Å². The highest BCUT2D eigenvalue weighted by molar-refractivity contribution is 6.81. The zero-order valence-corrected chi connectivity index (χ0v) is 16.6. The van der Waals surface area contributed by atoms with Crippen LogP contribution in [-0.2, 0) is 0 Å². The van der Waals surface area contributed by atoms with Crippen LogP contribution >= 0.6 is 0 Å². The molecular weight excluding hydrogens is 274 g/mol. The zero-order valence-electron chi connectivity index (χ0n) is 14.5. The standard InChI is InChI=1S/C17H31NSi2/c1-17(2,3)18(13-14-20(6,7)8)15-11-9-10-12-16(15)19(4)5/h9-14,19H,1-8H3. The second kappa shape index (κ2) is 6.31. The molecule has 0 heterocycles. The van der Waals surface area contributed by atoms with Gasteiger partial charge in [-0.15, -0.1) is 0 Å². The molecular formula is C17H31NSi2. The average molecular weight is 306 g/mol. The molecule has 1 aromatic rings. The third-order valence-corrected chi connectivity index (χ3v) is 6.15. The second-order valence-electron chi connectivity index (χ2n) is 7.94. The van der Waals surface area contributed by atoms with E-state index in [2.05, 4.69) is 94.6 Å². The molecule has 0 bridgehead atoms. The van der Waals surface area contributed by atoms with Crippen molar-refractivity contribution in [2.45, 2.75) is 59.0 Å². The minimum Gasteiger partial charge on any atom is -0.344 e. The Balaban J connectivity index is 3.30. The molecule has 3 heteroatoms. The summed E-state index contributed by atoms with van der Waals surface area (Å²) in [6, 6.07) is 8.93. The summed E-state index contributed by atoms with van der Waals surface area (Å²) in [6.45, 7) is 18.8. The molecule has 112 valence electrons. The molecule has 0 amide bonds. The van der Waals surface area contributed by atoms with Crippen molar-refractivity contribution >= 4 is 27.7 Å². The van der Waals surface area contributed by atoms with Crippen LogP contribution in [0.1, 0.15) is 20.8 Å². The van der Waals surface area contributed by atoms with Crippen molar-refractivity contribution in [3.63, 3.8) is 0 Å². The normalized spacial score (nSPS) is 13.2. The van der Waals surface area contributed by atoms with Crippen LogP contribution in [0.25, 0.3) is 0 Å². The lowest BCUT2D eigenvalue weighted by Gasteiger charge is -2.37. The lowest BCUT2D eigenvalue weighted by molar-refractivity contribution is 0.556. The summed E-state index contributed by atoms with van der Waals surface area (Å²) in [5, 5.41) is 1.56. The molecule has 0 radical (unpaired) electrons. The van der Waals surface area contributed by atoms with Gasteiger partial charge in [0.25, 0.3) is 0 Å². The monoisotopic (exact) mass is 305 g/mol. The molecule has 0 aliphatic rings. The SMILES string of the molecule is C[SiH](C)c1ccccc1N(C=C[Si](C)(C)C)C(C)(C)C. The number of rotatable bonds is 4. The predicted octanol–water partition coefficient (Wildman–Crippen LogP) is 4.38. The van der Waals surface area contributed by atoms with Crippen molar-refractivity contribution in [1.29, 1.82) is 0 Å². The van der Waals surface area contributed by atoms with Gasteiger partial charge in [-0.05, 0) is 38.2 Å². The Morgan fingerprint density at radius 2 is 1.60 bits per heavy atom. The van der Waals surface area contributed by atoms with Crippen molar-refractivity contribution in [2.24, 2.45) is 0 Å². The van der Waals surface area contributed by atoms with E-state index < -0.39 is 16.9 Å². The largest absolute Gasteiger partial charge is 0.344 e. The Morgan fingerprint density at radius 1 is 1.05 bits per heavy atom. The fraction of sp³-hybridized carbons (Fsp3) is 0.529. The molecule has 0 fully saturated rings. The minimum atomic E-state index is -1.19. The Morgan fingerprint density at radius 3 is 2.05 bits per heavy atom. The maximum atomic E-state index is 2.47. The first-order valence-electron chi connectivity index (χ1n) is 7.60. The summed E-state index contributed by atoms with van der Waals surface area (Å²) < 4.78 is 0. The Hall–Kier alpha value is -0.806. The molecule has 0 spiro atoms. The fourth-order valence-corrected chi connectivity index (χ4v) is 4.08. The predicted molar refractivity (Wildman–Crippen MR) is 99.7 cm³/mol. The molecule has 1 rings (SSSR count). The minimum absolute atomic E-state index is 0.107. The van der Waals surface area contributed by atoms with Crippen LogP contribution in [0.15, 0.2) is 36.2 Å². The zero-order chi connectivity index (χ0) is 15.6. The molecule has 0 atom stereocenters. The Labute approximate surface area is 128 Å². The van der Waals surface area contributed by atoms with E-state index in [9.17, 15) is 0 Å². The number of hydrogen-bond acceptors (Lipinski definition) is 1. The van der Waals surface area contributed by atoms with Gasteiger partial charge in [0.1, 0.15) is 0 Å². The van der Waals surface area contributed by atoms with E-state index in [0.717, 1.165) is 0 Å². The number of nitrogens with zero attached hydrogens (tertiary/aromatic N) is 1. The van der Waals surface area contributed by atoms with Crippen molar-refractivity contribution in [3.05, 3.63) is 36.2 Å². The average Bonchev–Trinajstić information content (AvgIpc) is 2.26. The summed E-state index contributed by atoms with van der Waals surface area (Å²) in [5.41, 5.74) is 3.95. The van der Waals surface area contributed by atoms with Crippen LogP contribution in [0.4, 0.5) is 5.69 Å².